The van der Waals surface area contributed by atoms with Gasteiger partial charge in [-0.25, -0.2) is 0 Å². The van der Waals surface area contributed by atoms with Gasteiger partial charge in [0.25, 0.3) is 0 Å². The fourth-order valence-corrected chi connectivity index (χ4v) is 1.98. The monoisotopic (exact) mass is 235 g/mol. The van der Waals surface area contributed by atoms with E-state index in [-0.39, 0.29) is 12.1 Å². The highest BCUT2D eigenvalue weighted by atomic mass is 16.3. The minimum Gasteiger partial charge on any atom is -0.389 e. The molecule has 17 heavy (non-hydrogen) atoms. The van der Waals surface area contributed by atoms with Gasteiger partial charge >= 0.3 is 0 Å². The first-order valence-corrected chi connectivity index (χ1v) is 6.27. The number of benzene rings is 1. The molecule has 0 aromatic heterocycles. The van der Waals surface area contributed by atoms with E-state index in [1.807, 2.05) is 20.8 Å². The maximum absolute atomic E-state index is 9.93. The molecular weight excluding hydrogens is 210 g/mol. The maximum atomic E-state index is 9.93. The molecule has 0 bridgehead atoms. The normalized spacial score (nSPS) is 15.7. The Balaban J connectivity index is 2.80. The first kappa shape index (κ1) is 14.2. The van der Waals surface area contributed by atoms with Crippen LogP contribution in [0, 0.1) is 13.8 Å². The minimum atomic E-state index is -0.702. The zero-order valence-electron chi connectivity index (χ0n) is 11.8. The predicted octanol–water partition coefficient (Wildman–Crippen LogP) is 3.11. The van der Waals surface area contributed by atoms with E-state index in [0.29, 0.717) is 0 Å². The van der Waals surface area contributed by atoms with Gasteiger partial charge in [-0.1, -0.05) is 23.8 Å². The van der Waals surface area contributed by atoms with Crippen molar-refractivity contribution in [3.63, 3.8) is 0 Å². The van der Waals surface area contributed by atoms with Crippen molar-refractivity contribution in [2.75, 3.05) is 0 Å². The van der Waals surface area contributed by atoms with Gasteiger partial charge in [-0.2, -0.15) is 0 Å². The van der Waals surface area contributed by atoms with Gasteiger partial charge in [-0.15, -0.1) is 0 Å². The Morgan fingerprint density at radius 2 is 1.76 bits per heavy atom. The summed E-state index contributed by atoms with van der Waals surface area (Å²) in [5, 5.41) is 13.4. The van der Waals surface area contributed by atoms with Crippen LogP contribution < -0.4 is 5.32 Å². The van der Waals surface area contributed by atoms with Crippen molar-refractivity contribution in [3.05, 3.63) is 34.9 Å². The molecular formula is C15H25NO. The second-order valence-electron chi connectivity index (χ2n) is 5.62. The lowest BCUT2D eigenvalue weighted by Crippen LogP contribution is -2.45. The fourth-order valence-electron chi connectivity index (χ4n) is 1.98. The smallest absolute Gasteiger partial charge is 0.0741 e. The molecule has 0 heterocycles. The molecule has 0 aliphatic carbocycles. The summed E-state index contributed by atoms with van der Waals surface area (Å²) >= 11 is 0. The second kappa shape index (κ2) is 5.19. The Morgan fingerprint density at radius 3 is 2.24 bits per heavy atom. The molecule has 2 atom stereocenters. The zero-order chi connectivity index (χ0) is 13.2. The Kier molecular flexibility index (Phi) is 4.34. The first-order valence-electron chi connectivity index (χ1n) is 6.27. The average molecular weight is 235 g/mol. The third-order valence-corrected chi connectivity index (χ3v) is 3.45. The number of aliphatic hydroxyl groups is 1. The maximum Gasteiger partial charge on any atom is 0.0741 e. The molecule has 2 heteroatoms. The van der Waals surface area contributed by atoms with Crippen molar-refractivity contribution in [2.24, 2.45) is 0 Å². The summed E-state index contributed by atoms with van der Waals surface area (Å²) in [5.74, 6) is 0. The lowest BCUT2D eigenvalue weighted by molar-refractivity contribution is 0.0405. The minimum absolute atomic E-state index is 0.0539. The lowest BCUT2D eigenvalue weighted by atomic mass is 9.96. The molecule has 0 amide bonds. The molecule has 0 radical (unpaired) electrons. The molecule has 0 aliphatic rings. The summed E-state index contributed by atoms with van der Waals surface area (Å²) in [7, 11) is 0. The van der Waals surface area contributed by atoms with Gasteiger partial charge in [0.1, 0.15) is 0 Å². The van der Waals surface area contributed by atoms with Crippen molar-refractivity contribution < 1.29 is 5.11 Å². The highest BCUT2D eigenvalue weighted by molar-refractivity contribution is 5.32. The Bertz CT molecular complexity index is 379. The van der Waals surface area contributed by atoms with E-state index in [2.05, 4.69) is 44.3 Å². The van der Waals surface area contributed by atoms with Crippen LogP contribution in [0.4, 0.5) is 0 Å². The van der Waals surface area contributed by atoms with Gasteiger partial charge in [0, 0.05) is 12.1 Å². The number of hydrogen-bond donors (Lipinski definition) is 2. The van der Waals surface area contributed by atoms with Gasteiger partial charge in [0.05, 0.1) is 5.60 Å². The summed E-state index contributed by atoms with van der Waals surface area (Å²) < 4.78 is 0. The Morgan fingerprint density at radius 1 is 1.18 bits per heavy atom. The fraction of sp³-hybridized carbons (Fsp3) is 0.600. The van der Waals surface area contributed by atoms with E-state index < -0.39 is 5.60 Å². The molecule has 2 nitrogen and oxygen atoms in total. The van der Waals surface area contributed by atoms with Crippen LogP contribution in [0.2, 0.25) is 0 Å². The summed E-state index contributed by atoms with van der Waals surface area (Å²) in [5.41, 5.74) is 3.18. The lowest BCUT2D eigenvalue weighted by Gasteiger charge is -2.30. The van der Waals surface area contributed by atoms with E-state index in [9.17, 15) is 5.11 Å². The highest BCUT2D eigenvalue weighted by Crippen LogP contribution is 2.20. The molecule has 2 unspecified atom stereocenters. The first-order chi connectivity index (χ1) is 7.71. The van der Waals surface area contributed by atoms with Crippen LogP contribution in [0.1, 0.15) is 50.4 Å². The largest absolute Gasteiger partial charge is 0.389 e. The summed E-state index contributed by atoms with van der Waals surface area (Å²) in [6, 6.07) is 6.80. The van der Waals surface area contributed by atoms with Crippen LogP contribution in [0.15, 0.2) is 18.2 Å². The Hall–Kier alpha value is -0.860. The predicted molar refractivity (Wildman–Crippen MR) is 73.2 cm³/mol. The van der Waals surface area contributed by atoms with E-state index in [1.54, 1.807) is 0 Å². The van der Waals surface area contributed by atoms with E-state index in [0.717, 1.165) is 0 Å². The van der Waals surface area contributed by atoms with Crippen LogP contribution >= 0.6 is 0 Å². The van der Waals surface area contributed by atoms with Crippen LogP contribution in [-0.2, 0) is 0 Å². The van der Waals surface area contributed by atoms with Gasteiger partial charge in [0.15, 0.2) is 0 Å². The molecule has 1 rings (SSSR count). The standard InChI is InChI=1S/C15H25NO/c1-10-7-8-14(11(2)9-10)12(3)16-13(4)15(5,6)17/h7-9,12-13,16-17H,1-6H3. The number of hydrogen-bond acceptors (Lipinski definition) is 2. The summed E-state index contributed by atoms with van der Waals surface area (Å²) in [4.78, 5) is 0. The number of aryl methyl sites for hydroxylation is 2. The summed E-state index contributed by atoms with van der Waals surface area (Å²) in [6.45, 7) is 12.1. The van der Waals surface area contributed by atoms with E-state index >= 15 is 0 Å². The van der Waals surface area contributed by atoms with Crippen molar-refractivity contribution in [2.45, 2.75) is 59.2 Å². The molecule has 96 valence electrons. The summed E-state index contributed by atoms with van der Waals surface area (Å²) in [6.07, 6.45) is 0. The van der Waals surface area contributed by atoms with Crippen molar-refractivity contribution in [1.29, 1.82) is 0 Å². The van der Waals surface area contributed by atoms with Gasteiger partial charge in [-0.3, -0.25) is 0 Å². The average Bonchev–Trinajstić information content (AvgIpc) is 2.15. The third-order valence-electron chi connectivity index (χ3n) is 3.45. The number of nitrogens with one attached hydrogen (secondary N) is 1. The molecule has 0 saturated carbocycles. The third kappa shape index (κ3) is 3.83. The van der Waals surface area contributed by atoms with Crippen molar-refractivity contribution in [3.8, 4) is 0 Å². The van der Waals surface area contributed by atoms with E-state index in [4.69, 9.17) is 0 Å². The van der Waals surface area contributed by atoms with Crippen LogP contribution in [-0.4, -0.2) is 16.7 Å². The topological polar surface area (TPSA) is 32.3 Å². The number of rotatable bonds is 4. The Labute approximate surface area is 105 Å². The van der Waals surface area contributed by atoms with Gasteiger partial charge in [-0.05, 0) is 52.7 Å². The molecule has 1 aromatic carbocycles. The molecule has 2 N–H and O–H groups in total. The van der Waals surface area contributed by atoms with Crippen LogP contribution in [0.5, 0.6) is 0 Å². The quantitative estimate of drug-likeness (QED) is 0.840. The molecule has 0 saturated heterocycles. The highest BCUT2D eigenvalue weighted by Gasteiger charge is 2.24. The van der Waals surface area contributed by atoms with Gasteiger partial charge < -0.3 is 10.4 Å². The molecule has 0 spiro atoms. The van der Waals surface area contributed by atoms with Crippen molar-refractivity contribution in [1.82, 2.24) is 5.32 Å². The van der Waals surface area contributed by atoms with Gasteiger partial charge in [0.2, 0.25) is 0 Å². The zero-order valence-corrected chi connectivity index (χ0v) is 11.8. The van der Waals surface area contributed by atoms with Crippen LogP contribution in [0.25, 0.3) is 0 Å². The SMILES string of the molecule is Cc1ccc(C(C)NC(C)C(C)(C)O)c(C)c1. The second-order valence-corrected chi connectivity index (χ2v) is 5.62. The van der Waals surface area contributed by atoms with Crippen LogP contribution in [0.3, 0.4) is 0 Å². The molecule has 0 fully saturated rings. The van der Waals surface area contributed by atoms with Crippen molar-refractivity contribution >= 4 is 0 Å². The van der Waals surface area contributed by atoms with E-state index in [1.165, 1.54) is 16.7 Å². The molecule has 0 aliphatic heterocycles. The molecule has 1 aromatic rings.